The fraction of sp³-hybridized carbons (Fsp3) is 0.318. The highest BCUT2D eigenvalue weighted by Crippen LogP contribution is 2.49. The summed E-state index contributed by atoms with van der Waals surface area (Å²) in [4.78, 5) is 62.3. The van der Waals surface area contributed by atoms with E-state index in [2.05, 4.69) is 163 Å². The quantitative estimate of drug-likeness (QED) is 0.0105. The summed E-state index contributed by atoms with van der Waals surface area (Å²) in [7, 11) is 3.25. The van der Waals surface area contributed by atoms with Crippen LogP contribution in [-0.4, -0.2) is 247 Å². The number of carbonyl (C=O) groups is 1. The van der Waals surface area contributed by atoms with E-state index >= 15 is 0 Å². The molecule has 149 heavy (non-hydrogen) atoms. The molecule has 1 aliphatic carbocycles. The zero-order chi connectivity index (χ0) is 106. The highest BCUT2D eigenvalue weighted by atomic mass is 35.5. The van der Waals surface area contributed by atoms with Crippen molar-refractivity contribution in [3.63, 3.8) is 0 Å². The van der Waals surface area contributed by atoms with Gasteiger partial charge in [-0.25, -0.2) is 37.7 Å². The molecule has 0 unspecified atom stereocenters. The summed E-state index contributed by atoms with van der Waals surface area (Å²) < 4.78 is 99.7. The molecule has 4 fully saturated rings. The Morgan fingerprint density at radius 1 is 0.557 bits per heavy atom. The first-order valence-corrected chi connectivity index (χ1v) is 56.3. The van der Waals surface area contributed by atoms with Crippen LogP contribution < -0.4 is 97.1 Å². The molecule has 4 saturated heterocycles. The van der Waals surface area contributed by atoms with Crippen molar-refractivity contribution in [2.75, 3.05) is 206 Å². The van der Waals surface area contributed by atoms with Crippen LogP contribution in [0.2, 0.25) is 15.1 Å². The number of piperidine rings is 1. The Morgan fingerprint density at radius 2 is 1.08 bits per heavy atom. The normalized spacial score (nSPS) is 15.2. The highest BCUT2D eigenvalue weighted by molar-refractivity contribution is 7.92. The summed E-state index contributed by atoms with van der Waals surface area (Å²) in [6.07, 6.45) is 14.0. The third kappa shape index (κ3) is 29.4. The van der Waals surface area contributed by atoms with Crippen molar-refractivity contribution in [3.05, 3.63) is 262 Å². The van der Waals surface area contributed by atoms with E-state index in [1.807, 2.05) is 91.0 Å². The Balaban J connectivity index is 0.000000158. The van der Waals surface area contributed by atoms with Gasteiger partial charge in [-0.3, -0.25) is 19.5 Å². The first kappa shape index (κ1) is 111. The molecule has 786 valence electrons. The lowest BCUT2D eigenvalue weighted by atomic mass is 10.0. The number of anilines is 16. The van der Waals surface area contributed by atoms with Gasteiger partial charge in [0, 0.05) is 178 Å². The van der Waals surface area contributed by atoms with Crippen LogP contribution in [0.15, 0.2) is 233 Å². The maximum Gasteiger partial charge on any atom is 0.253 e. The van der Waals surface area contributed by atoms with Crippen molar-refractivity contribution < 1.29 is 55.2 Å². The lowest BCUT2D eigenvalue weighted by molar-refractivity contribution is 0.0982. The van der Waals surface area contributed by atoms with Gasteiger partial charge in [0.25, 0.3) is 5.91 Å². The van der Waals surface area contributed by atoms with Crippen LogP contribution in [0.3, 0.4) is 0 Å². The van der Waals surface area contributed by atoms with Crippen molar-refractivity contribution in [2.45, 2.75) is 75.7 Å². The highest BCUT2D eigenvalue weighted by Gasteiger charge is 2.34. The lowest BCUT2D eigenvalue weighted by Gasteiger charge is -2.42. The van der Waals surface area contributed by atoms with E-state index in [9.17, 15) is 26.7 Å². The van der Waals surface area contributed by atoms with E-state index in [-0.39, 0.29) is 32.9 Å². The number of guanidine groups is 1. The Labute approximate surface area is 889 Å². The number of nitrogens with zero attached hydrogens (tertiary/aromatic N) is 14. The molecule has 0 radical (unpaired) electrons. The van der Waals surface area contributed by atoms with E-state index in [1.54, 1.807) is 143 Å². The van der Waals surface area contributed by atoms with Crippen molar-refractivity contribution in [1.29, 1.82) is 0 Å². The summed E-state index contributed by atoms with van der Waals surface area (Å²) in [6.45, 7) is 24.3. The second-order valence-electron chi connectivity index (χ2n) is 36.5. The fourth-order valence-corrected chi connectivity index (χ4v) is 22.6. The second-order valence-corrected chi connectivity index (χ2v) is 46.9. The Kier molecular flexibility index (Phi) is 39.0. The van der Waals surface area contributed by atoms with Gasteiger partial charge in [0.15, 0.2) is 21.5 Å². The number of primary amides is 1. The van der Waals surface area contributed by atoms with Gasteiger partial charge in [0.05, 0.1) is 128 Å². The first-order valence-electron chi connectivity index (χ1n) is 48.6. The number of para-hydroxylation sites is 3. The number of allylic oxidation sites excluding steroid dienone is 1. The van der Waals surface area contributed by atoms with Crippen LogP contribution in [0, 0.1) is 5.82 Å². The number of piperazine rings is 2. The second kappa shape index (κ2) is 52.2. The molecule has 0 spiro atoms. The van der Waals surface area contributed by atoms with E-state index in [4.69, 9.17) is 80.6 Å². The average molecular weight is 2170 g/mol. The van der Waals surface area contributed by atoms with Crippen molar-refractivity contribution >= 4 is 198 Å². The molecule has 12 aromatic rings. The number of amides is 1. The average Bonchev–Trinajstić information content (AvgIpc) is 1.29. The number of carbonyl (C=O) groups excluding carboxylic acids is 1. The van der Waals surface area contributed by atoms with Crippen LogP contribution in [0.4, 0.5) is 96.6 Å². The van der Waals surface area contributed by atoms with Crippen LogP contribution in [0.25, 0.3) is 6.08 Å². The zero-order valence-electron chi connectivity index (χ0n) is 85.4. The number of hydrogen-bond acceptors (Lipinski definition) is 30. The molecule has 7 heterocycles. The van der Waals surface area contributed by atoms with Crippen molar-refractivity contribution in [3.8, 4) is 34.5 Å². The van der Waals surface area contributed by atoms with Gasteiger partial charge >= 0.3 is 0 Å². The number of ether oxygens (including phenoxy) is 6. The van der Waals surface area contributed by atoms with Crippen LogP contribution >= 0.6 is 60.7 Å². The SMILES string of the molecule is COc1cc(N2CCN(C(C)C)CC2)ccc1Nc1nc2c(c(Nc3cccc(F)c3C(N)=O)n1)C=CC2.COc1cc(P(C)(C)=O)ccc1Nc1ncc(Cl)c(Nc2ccc(Cl)cc2OC)n1.COc1cc(P2(=O)CCN(Cc3ccccc3)CC2)ccc1Nc1ncc(Cl)c(Nc2ccccc2S(=O)(=O)C(C)C)n1.COc1ccccc1NC=NC(=N/C=C/Cl)Nc1ccc(N2CCC(N3CCN(C)CC3)CC2)cc1OC. The van der Waals surface area contributed by atoms with Gasteiger partial charge < -0.3 is 101 Å². The van der Waals surface area contributed by atoms with Gasteiger partial charge in [-0.1, -0.05) is 119 Å². The molecular formula is C107H126Cl4FN23O11P2S. The van der Waals surface area contributed by atoms with Crippen LogP contribution in [-0.2, 0) is 31.9 Å². The smallest absolute Gasteiger partial charge is 0.253 e. The summed E-state index contributed by atoms with van der Waals surface area (Å²) in [6, 6.07) is 58.3. The molecule has 0 saturated carbocycles. The number of halogens is 5. The van der Waals surface area contributed by atoms with Crippen molar-refractivity contribution in [2.24, 2.45) is 15.7 Å². The lowest BCUT2D eigenvalue weighted by Crippen LogP contribution is -2.52. The minimum atomic E-state index is -3.55. The summed E-state index contributed by atoms with van der Waals surface area (Å²) in [5.41, 5.74) is 16.4. The zero-order valence-corrected chi connectivity index (χ0v) is 91.0. The number of methoxy groups -OCH3 is 6. The molecule has 34 nitrogen and oxygen atoms in total. The number of nitrogens with one attached hydrogen (secondary N) is 8. The fourth-order valence-electron chi connectivity index (χ4n) is 17.4. The molecule has 42 heteroatoms. The molecule has 17 rings (SSSR count). The number of hydrogen-bond donors (Lipinski definition) is 9. The predicted octanol–water partition coefficient (Wildman–Crippen LogP) is 20.7. The number of sulfone groups is 1. The standard InChI is InChI=1S/C31H35ClN5O4PS.C28H38ClN7O2.C28H32FN7O2.C20H21Cl2N4O3P/c1-22(2)43(39,40)29-12-8-7-11-27(29)34-30-25(32)20-33-31(36-30)35-26-14-13-24(19-28(26)41-3)42(38)17-15-37(16-18-42)21-23-9-5-4-6-10-23;1-34-16-18-36(19-17-34)22-10-14-35(15-11-22)23-8-9-25(27(20-23)38-3)33-28(30-13-12-29)32-21-31-24-6-4-5-7-26(24)37-2;1-17(2)35-12-14-36(15-13-35)18-10-11-22(24(16-18)38-3)33-28-32-21-8-4-6-19(21)27(34-28)31-23-9-5-7-20(29)25(23)26(30)37;1-28-17-9-12(21)5-7-15(17)24-19-14(22)11-23-20(26-19)25-16-8-6-13(30(3,4)27)10-18(16)29-2/h4-14,19-20,22H,15-18,21H2,1-3H3,(H2,33,34,35,36);4-9,12-13,20-22H,10-11,14-19H2,1-3H3,(H2,30,31,32,33);4-7,9-11,16-17H,8,12-15H2,1-3H3,(H2,30,37)(H2,31,32,33,34);5-11H,1-4H3,(H2,23,24,25,26)/b;13-12+;;. The van der Waals surface area contributed by atoms with Gasteiger partial charge in [-0.2, -0.15) is 15.0 Å². The maximum absolute atomic E-state index is 14.3. The molecule has 5 aliphatic rings. The van der Waals surface area contributed by atoms with E-state index in [1.165, 1.54) is 80.8 Å². The molecule has 9 aromatic carbocycles. The molecule has 4 aliphatic heterocycles. The maximum atomic E-state index is 14.3. The minimum Gasteiger partial charge on any atom is -0.495 e. The minimum absolute atomic E-state index is 0.159. The number of benzene rings is 9. The number of nitrogens with two attached hydrogens (primary N) is 1. The summed E-state index contributed by atoms with van der Waals surface area (Å²) in [5.74, 6) is 4.45. The monoisotopic (exact) mass is 2160 g/mol. The molecular weight excluding hydrogens is 2040 g/mol. The largest absolute Gasteiger partial charge is 0.495 e. The van der Waals surface area contributed by atoms with Gasteiger partial charge in [-0.15, -0.1) is 0 Å². The topological polar surface area (TPSA) is 384 Å². The molecule has 1 amide bonds. The van der Waals surface area contributed by atoms with Crippen LogP contribution in [0.1, 0.15) is 67.7 Å². The number of rotatable bonds is 33. The molecule has 0 bridgehead atoms. The number of likely N-dealkylation sites (N-methyl/N-ethyl adjacent to an activating group) is 1. The third-order valence-electron chi connectivity index (χ3n) is 25.8. The predicted molar refractivity (Wildman–Crippen MR) is 604 cm³/mol. The Morgan fingerprint density at radius 3 is 1.69 bits per heavy atom. The van der Waals surface area contributed by atoms with Gasteiger partial charge in [0.1, 0.15) is 70.5 Å². The van der Waals surface area contributed by atoms with Crippen molar-refractivity contribution in [1.82, 2.24) is 49.5 Å². The van der Waals surface area contributed by atoms with E-state index < -0.39 is 41.1 Å². The van der Waals surface area contributed by atoms with Gasteiger partial charge in [-0.05, 0) is 176 Å². The Bertz CT molecular complexity index is 7010. The van der Waals surface area contributed by atoms with E-state index in [0.29, 0.717) is 116 Å². The third-order valence-corrected chi connectivity index (χ3v) is 33.5. The summed E-state index contributed by atoms with van der Waals surface area (Å²) >= 11 is 24.4. The van der Waals surface area contributed by atoms with Gasteiger partial charge in [0.2, 0.25) is 23.8 Å². The summed E-state index contributed by atoms with van der Waals surface area (Å²) in [5, 5.41) is 27.2. The number of aliphatic imine (C=N–C) groups is 2. The first-order chi connectivity index (χ1) is 71.7. The number of aromatic nitrogens is 6. The molecule has 0 atom stereocenters. The molecule has 3 aromatic heterocycles. The Hall–Kier alpha value is -13.4. The van der Waals surface area contributed by atoms with Crippen LogP contribution in [0.5, 0.6) is 34.5 Å². The number of fused-ring (bicyclic) bond motifs is 1. The van der Waals surface area contributed by atoms with E-state index in [0.717, 1.165) is 121 Å². The molecule has 10 N–H and O–H groups in total.